The van der Waals surface area contributed by atoms with E-state index in [4.69, 9.17) is 10.5 Å². The van der Waals surface area contributed by atoms with Crippen LogP contribution in [0.25, 0.3) is 6.08 Å². The average molecular weight is 318 g/mol. The van der Waals surface area contributed by atoms with Crippen molar-refractivity contribution in [2.75, 3.05) is 11.9 Å². The normalized spacial score (nSPS) is 14.4. The summed E-state index contributed by atoms with van der Waals surface area (Å²) >= 11 is 1.55. The number of nitrogens with two attached hydrogens (primary N) is 1. The molecule has 0 atom stereocenters. The van der Waals surface area contributed by atoms with Gasteiger partial charge in [0.2, 0.25) is 5.88 Å². The summed E-state index contributed by atoms with van der Waals surface area (Å²) < 4.78 is 5.72. The number of nitrogens with one attached hydrogen (secondary N) is 1. The van der Waals surface area contributed by atoms with Gasteiger partial charge >= 0.3 is 0 Å². The number of ether oxygens (including phenoxy) is 1. The van der Waals surface area contributed by atoms with E-state index in [-0.39, 0.29) is 0 Å². The highest BCUT2D eigenvalue weighted by Gasteiger charge is 2.22. The number of hydrogen-bond donors (Lipinski definition) is 2. The van der Waals surface area contributed by atoms with Gasteiger partial charge < -0.3 is 15.8 Å². The lowest BCUT2D eigenvalue weighted by Crippen LogP contribution is -2.06. The van der Waals surface area contributed by atoms with E-state index in [1.807, 2.05) is 6.92 Å². The van der Waals surface area contributed by atoms with E-state index in [2.05, 4.69) is 25.5 Å². The van der Waals surface area contributed by atoms with Crippen LogP contribution in [0.15, 0.2) is 12.3 Å². The second-order valence-electron chi connectivity index (χ2n) is 5.13. The third-order valence-electron chi connectivity index (χ3n) is 3.12. The quantitative estimate of drug-likeness (QED) is 0.805. The maximum absolute atomic E-state index is 5.72. The van der Waals surface area contributed by atoms with Crippen molar-refractivity contribution in [2.45, 2.75) is 26.3 Å². The lowest BCUT2D eigenvalue weighted by Gasteiger charge is -2.08. The molecule has 22 heavy (non-hydrogen) atoms. The van der Waals surface area contributed by atoms with Gasteiger partial charge in [-0.15, -0.1) is 10.2 Å². The van der Waals surface area contributed by atoms with Gasteiger partial charge in [0.05, 0.1) is 13.2 Å². The van der Waals surface area contributed by atoms with Crippen LogP contribution in [-0.2, 0) is 6.54 Å². The van der Waals surface area contributed by atoms with E-state index >= 15 is 0 Å². The predicted molar refractivity (Wildman–Crippen MR) is 85.4 cm³/mol. The van der Waals surface area contributed by atoms with Crippen molar-refractivity contribution in [2.24, 2.45) is 11.7 Å². The molecule has 1 saturated carbocycles. The Morgan fingerprint density at radius 1 is 1.41 bits per heavy atom. The SMILES string of the molecule is Cc1nnc(CNc2cc(OCC3CC3)nc(C=CN)n2)s1. The van der Waals surface area contributed by atoms with Crippen molar-refractivity contribution in [3.63, 3.8) is 0 Å². The van der Waals surface area contributed by atoms with E-state index in [1.54, 1.807) is 23.5 Å². The second-order valence-corrected chi connectivity index (χ2v) is 6.40. The third-order valence-corrected chi connectivity index (χ3v) is 3.96. The Hall–Kier alpha value is -2.22. The monoisotopic (exact) mass is 318 g/mol. The minimum atomic E-state index is 0.520. The summed E-state index contributed by atoms with van der Waals surface area (Å²) in [7, 11) is 0. The van der Waals surface area contributed by atoms with Crippen molar-refractivity contribution in [1.82, 2.24) is 20.2 Å². The summed E-state index contributed by atoms with van der Waals surface area (Å²) in [6.45, 7) is 3.20. The summed E-state index contributed by atoms with van der Waals surface area (Å²) in [5, 5.41) is 13.1. The van der Waals surface area contributed by atoms with Gasteiger partial charge in [-0.05, 0) is 38.0 Å². The number of nitrogens with zero attached hydrogens (tertiary/aromatic N) is 4. The lowest BCUT2D eigenvalue weighted by molar-refractivity contribution is 0.288. The van der Waals surface area contributed by atoms with E-state index < -0.39 is 0 Å². The van der Waals surface area contributed by atoms with Crippen molar-refractivity contribution in [3.8, 4) is 5.88 Å². The Labute approximate surface area is 132 Å². The zero-order chi connectivity index (χ0) is 15.4. The molecule has 0 aromatic carbocycles. The summed E-state index contributed by atoms with van der Waals surface area (Å²) in [5.74, 6) is 2.43. The summed E-state index contributed by atoms with van der Waals surface area (Å²) in [6, 6.07) is 1.80. The highest BCUT2D eigenvalue weighted by atomic mass is 32.1. The molecule has 3 N–H and O–H groups in total. The first-order chi connectivity index (χ1) is 10.7. The molecule has 0 bridgehead atoms. The molecule has 0 saturated heterocycles. The van der Waals surface area contributed by atoms with Gasteiger partial charge in [-0.3, -0.25) is 0 Å². The molecule has 7 nitrogen and oxygen atoms in total. The van der Waals surface area contributed by atoms with Crippen molar-refractivity contribution in [3.05, 3.63) is 28.1 Å². The van der Waals surface area contributed by atoms with Crippen LogP contribution in [0, 0.1) is 12.8 Å². The molecule has 0 aliphatic heterocycles. The average Bonchev–Trinajstić information content (AvgIpc) is 3.24. The van der Waals surface area contributed by atoms with E-state index in [0.717, 1.165) is 10.0 Å². The smallest absolute Gasteiger partial charge is 0.219 e. The van der Waals surface area contributed by atoms with Crippen LogP contribution in [0.5, 0.6) is 5.88 Å². The molecule has 1 aliphatic rings. The first-order valence-electron chi connectivity index (χ1n) is 7.16. The van der Waals surface area contributed by atoms with Gasteiger partial charge in [0.15, 0.2) is 5.82 Å². The maximum Gasteiger partial charge on any atom is 0.219 e. The number of anilines is 1. The van der Waals surface area contributed by atoms with Gasteiger partial charge in [0.25, 0.3) is 0 Å². The van der Waals surface area contributed by atoms with Crippen molar-refractivity contribution >= 4 is 23.2 Å². The fourth-order valence-electron chi connectivity index (χ4n) is 1.83. The third kappa shape index (κ3) is 4.14. The summed E-state index contributed by atoms with van der Waals surface area (Å²) in [4.78, 5) is 8.69. The van der Waals surface area contributed by atoms with Gasteiger partial charge in [-0.25, -0.2) is 4.98 Å². The van der Waals surface area contributed by atoms with Gasteiger partial charge in [-0.1, -0.05) is 11.3 Å². The zero-order valence-electron chi connectivity index (χ0n) is 12.3. The minimum absolute atomic E-state index is 0.520. The molecule has 0 radical (unpaired) electrons. The fourth-order valence-corrected chi connectivity index (χ4v) is 2.48. The molecule has 8 heteroatoms. The van der Waals surface area contributed by atoms with Crippen LogP contribution in [0.1, 0.15) is 28.7 Å². The Bertz CT molecular complexity index is 667. The molecule has 2 aromatic heterocycles. The summed E-state index contributed by atoms with van der Waals surface area (Å²) in [6.07, 6.45) is 5.53. The topological polar surface area (TPSA) is 98.8 Å². The Balaban J connectivity index is 1.69. The van der Waals surface area contributed by atoms with E-state index in [1.165, 1.54) is 19.0 Å². The highest BCUT2D eigenvalue weighted by Crippen LogP contribution is 2.29. The molecule has 1 fully saturated rings. The van der Waals surface area contributed by atoms with Crippen LogP contribution in [0.2, 0.25) is 0 Å². The standard InChI is InChI=1S/C14H18N6OS/c1-9-19-20-14(22-9)7-16-12-6-13(21-8-10-2-3-10)18-11(17-12)4-5-15/h4-6,10H,2-3,7-8,15H2,1H3,(H,16,17,18). The largest absolute Gasteiger partial charge is 0.477 e. The number of aromatic nitrogens is 4. The van der Waals surface area contributed by atoms with Crippen LogP contribution >= 0.6 is 11.3 Å². The molecule has 0 unspecified atom stereocenters. The Kier molecular flexibility index (Phi) is 4.47. The van der Waals surface area contributed by atoms with Crippen LogP contribution in [-0.4, -0.2) is 26.8 Å². The van der Waals surface area contributed by atoms with Crippen molar-refractivity contribution in [1.29, 1.82) is 0 Å². The maximum atomic E-state index is 5.72. The van der Waals surface area contributed by atoms with Gasteiger partial charge in [-0.2, -0.15) is 4.98 Å². The zero-order valence-corrected chi connectivity index (χ0v) is 13.1. The molecule has 0 spiro atoms. The molecular weight excluding hydrogens is 300 g/mol. The van der Waals surface area contributed by atoms with Gasteiger partial charge in [0, 0.05) is 6.07 Å². The van der Waals surface area contributed by atoms with Crippen LogP contribution in [0.4, 0.5) is 5.82 Å². The Morgan fingerprint density at radius 3 is 2.95 bits per heavy atom. The molecule has 1 aliphatic carbocycles. The lowest BCUT2D eigenvalue weighted by atomic mass is 10.4. The molecule has 3 rings (SSSR count). The predicted octanol–water partition coefficient (Wildman–Crippen LogP) is 1.97. The molecule has 0 amide bonds. The number of rotatable bonds is 7. The van der Waals surface area contributed by atoms with Gasteiger partial charge in [0.1, 0.15) is 15.8 Å². The fraction of sp³-hybridized carbons (Fsp3) is 0.429. The minimum Gasteiger partial charge on any atom is -0.477 e. The molecule has 2 aromatic rings. The second kappa shape index (κ2) is 6.69. The number of hydrogen-bond acceptors (Lipinski definition) is 8. The van der Waals surface area contributed by atoms with Crippen LogP contribution < -0.4 is 15.8 Å². The molecule has 2 heterocycles. The Morgan fingerprint density at radius 2 is 2.27 bits per heavy atom. The molecular formula is C14H18N6OS. The van der Waals surface area contributed by atoms with Crippen molar-refractivity contribution < 1.29 is 4.74 Å². The first-order valence-corrected chi connectivity index (χ1v) is 7.97. The van der Waals surface area contributed by atoms with Crippen LogP contribution in [0.3, 0.4) is 0 Å². The van der Waals surface area contributed by atoms with E-state index in [9.17, 15) is 0 Å². The van der Waals surface area contributed by atoms with E-state index in [0.29, 0.717) is 36.6 Å². The highest BCUT2D eigenvalue weighted by molar-refractivity contribution is 7.11. The first kappa shape index (κ1) is 14.7. The summed E-state index contributed by atoms with van der Waals surface area (Å²) in [5.41, 5.74) is 5.42. The number of aryl methyl sites for hydroxylation is 1. The molecule has 116 valence electrons.